The molecule has 3 aromatic rings. The van der Waals surface area contributed by atoms with Crippen molar-refractivity contribution >= 4 is 17.7 Å². The van der Waals surface area contributed by atoms with Gasteiger partial charge in [-0.25, -0.2) is 9.78 Å². The molecule has 0 bridgehead atoms. The minimum absolute atomic E-state index is 0.329. The maximum atomic E-state index is 12.4. The van der Waals surface area contributed by atoms with E-state index in [1.54, 1.807) is 35.6 Å². The molecule has 2 aliphatic rings. The second-order valence-electron chi connectivity index (χ2n) is 8.08. The highest BCUT2D eigenvalue weighted by Crippen LogP contribution is 2.40. The van der Waals surface area contributed by atoms with Crippen LogP contribution in [0.1, 0.15) is 25.7 Å². The van der Waals surface area contributed by atoms with Gasteiger partial charge in [0.2, 0.25) is 0 Å². The highest BCUT2D eigenvalue weighted by molar-refractivity contribution is 5.89. The molecule has 3 aromatic heterocycles. The molecule has 2 fully saturated rings. The number of nitrogens with one attached hydrogen (secondary N) is 1. The molecular weight excluding hydrogens is 394 g/mol. The number of anilines is 2. The van der Waals surface area contributed by atoms with E-state index in [2.05, 4.69) is 30.7 Å². The van der Waals surface area contributed by atoms with E-state index in [1.807, 2.05) is 24.3 Å². The summed E-state index contributed by atoms with van der Waals surface area (Å²) in [6.07, 6.45) is 8.41. The molecule has 0 aromatic carbocycles. The van der Waals surface area contributed by atoms with Gasteiger partial charge in [-0.2, -0.15) is 15.3 Å². The Bertz CT molecular complexity index is 1020. The quantitative estimate of drug-likeness (QED) is 0.674. The van der Waals surface area contributed by atoms with Gasteiger partial charge in [-0.3, -0.25) is 4.90 Å². The van der Waals surface area contributed by atoms with Crippen molar-refractivity contribution in [2.45, 2.75) is 31.3 Å². The molecule has 0 radical (unpaired) electrons. The number of ether oxygens (including phenoxy) is 1. The van der Waals surface area contributed by atoms with Gasteiger partial charge in [-0.1, -0.05) is 0 Å². The second-order valence-corrected chi connectivity index (χ2v) is 8.08. The molecule has 1 aliphatic heterocycles. The summed E-state index contributed by atoms with van der Waals surface area (Å²) in [4.78, 5) is 18.5. The standard InChI is InChI=1S/C22H23N7O2/c30-21-29(20-4-2-12-26-28-20)15-22(31-21)9-7-16(8-10-22)13-23-19-6-5-17(14-24-19)18-3-1-11-25-27-18/h1-6,11-12,14,16H,7-10,13,15H2,(H,23,24)/t16-,22-. The number of carbonyl (C=O) groups is 1. The third kappa shape index (κ3) is 4.16. The number of hydrogen-bond donors (Lipinski definition) is 1. The Morgan fingerprint density at radius 3 is 2.55 bits per heavy atom. The molecule has 31 heavy (non-hydrogen) atoms. The average Bonchev–Trinajstić information content (AvgIpc) is 3.16. The van der Waals surface area contributed by atoms with Crippen LogP contribution in [0.3, 0.4) is 0 Å². The molecule has 4 heterocycles. The van der Waals surface area contributed by atoms with Gasteiger partial charge in [0.15, 0.2) is 5.82 Å². The first-order valence-electron chi connectivity index (χ1n) is 10.5. The zero-order valence-corrected chi connectivity index (χ0v) is 17.0. The lowest BCUT2D eigenvalue weighted by Gasteiger charge is -2.35. The lowest BCUT2D eigenvalue weighted by Crippen LogP contribution is -2.39. The smallest absolute Gasteiger partial charge is 0.416 e. The Morgan fingerprint density at radius 2 is 1.87 bits per heavy atom. The summed E-state index contributed by atoms with van der Waals surface area (Å²) in [5.41, 5.74) is 1.33. The first kappa shape index (κ1) is 19.3. The Hall–Kier alpha value is -3.62. The van der Waals surface area contributed by atoms with Gasteiger partial charge in [-0.15, -0.1) is 5.10 Å². The Kier molecular flexibility index (Phi) is 5.15. The minimum atomic E-state index is -0.415. The maximum Gasteiger partial charge on any atom is 0.416 e. The van der Waals surface area contributed by atoms with E-state index in [0.717, 1.165) is 49.3 Å². The summed E-state index contributed by atoms with van der Waals surface area (Å²) in [7, 11) is 0. The van der Waals surface area contributed by atoms with Gasteiger partial charge in [0.25, 0.3) is 0 Å². The van der Waals surface area contributed by atoms with E-state index >= 15 is 0 Å². The Balaban J connectivity index is 1.14. The summed E-state index contributed by atoms with van der Waals surface area (Å²) in [6.45, 7) is 1.38. The van der Waals surface area contributed by atoms with Crippen LogP contribution in [0.5, 0.6) is 0 Å². The number of amides is 1. The van der Waals surface area contributed by atoms with Crippen molar-refractivity contribution in [3.05, 3.63) is 55.0 Å². The summed E-state index contributed by atoms with van der Waals surface area (Å²) in [5.74, 6) is 1.90. The predicted octanol–water partition coefficient (Wildman–Crippen LogP) is 3.33. The van der Waals surface area contributed by atoms with Crippen molar-refractivity contribution < 1.29 is 9.53 Å². The van der Waals surface area contributed by atoms with Crippen LogP contribution in [0.4, 0.5) is 16.4 Å². The van der Waals surface area contributed by atoms with E-state index in [4.69, 9.17) is 4.74 Å². The maximum absolute atomic E-state index is 12.4. The third-order valence-corrected chi connectivity index (χ3v) is 6.03. The summed E-state index contributed by atoms with van der Waals surface area (Å²) < 4.78 is 5.80. The number of nitrogens with zero attached hydrogens (tertiary/aromatic N) is 6. The van der Waals surface area contributed by atoms with Crippen molar-refractivity contribution in [1.82, 2.24) is 25.4 Å². The lowest BCUT2D eigenvalue weighted by atomic mass is 9.78. The van der Waals surface area contributed by atoms with E-state index in [9.17, 15) is 4.79 Å². The molecule has 9 heteroatoms. The normalized spacial score (nSPS) is 23.0. The number of hydrogen-bond acceptors (Lipinski definition) is 8. The monoisotopic (exact) mass is 417 g/mol. The SMILES string of the molecule is O=C1O[C@]2(CC[C@H](CNc3ccc(-c4cccnn4)cn3)CC2)CN1c1cccnn1. The Labute approximate surface area is 179 Å². The van der Waals surface area contributed by atoms with E-state index in [1.165, 1.54) is 0 Å². The molecule has 1 saturated heterocycles. The fraction of sp³-hybridized carbons (Fsp3) is 0.364. The fourth-order valence-electron chi connectivity index (χ4n) is 4.26. The summed E-state index contributed by atoms with van der Waals surface area (Å²) in [5, 5.41) is 19.3. The van der Waals surface area contributed by atoms with Crippen LogP contribution in [0.2, 0.25) is 0 Å². The summed E-state index contributed by atoms with van der Waals surface area (Å²) in [6, 6.07) is 11.3. The van der Waals surface area contributed by atoms with Gasteiger partial charge in [-0.05, 0) is 68.0 Å². The first-order valence-corrected chi connectivity index (χ1v) is 10.5. The molecule has 1 spiro atoms. The predicted molar refractivity (Wildman–Crippen MR) is 114 cm³/mol. The number of carbonyl (C=O) groups excluding carboxylic acids is 1. The molecule has 158 valence electrons. The number of pyridine rings is 1. The number of rotatable bonds is 5. The molecule has 1 saturated carbocycles. The van der Waals surface area contributed by atoms with Crippen LogP contribution in [-0.2, 0) is 4.74 Å². The van der Waals surface area contributed by atoms with Gasteiger partial charge in [0, 0.05) is 30.7 Å². The fourth-order valence-corrected chi connectivity index (χ4v) is 4.26. The highest BCUT2D eigenvalue weighted by atomic mass is 16.6. The second kappa shape index (κ2) is 8.25. The van der Waals surface area contributed by atoms with Crippen LogP contribution in [-0.4, -0.2) is 50.2 Å². The molecule has 5 rings (SSSR count). The lowest BCUT2D eigenvalue weighted by molar-refractivity contribution is 0.0148. The van der Waals surface area contributed by atoms with Gasteiger partial charge in [0.1, 0.15) is 11.4 Å². The van der Waals surface area contributed by atoms with Crippen molar-refractivity contribution in [3.8, 4) is 11.3 Å². The van der Waals surface area contributed by atoms with Crippen molar-refractivity contribution in [2.75, 3.05) is 23.3 Å². The molecular formula is C22H23N7O2. The topological polar surface area (TPSA) is 106 Å². The molecule has 1 N–H and O–H groups in total. The van der Waals surface area contributed by atoms with E-state index < -0.39 is 5.60 Å². The third-order valence-electron chi connectivity index (χ3n) is 6.03. The number of aromatic nitrogens is 5. The molecule has 1 amide bonds. The van der Waals surface area contributed by atoms with Crippen LogP contribution in [0.25, 0.3) is 11.3 Å². The summed E-state index contributed by atoms with van der Waals surface area (Å²) >= 11 is 0. The van der Waals surface area contributed by atoms with Gasteiger partial charge >= 0.3 is 6.09 Å². The van der Waals surface area contributed by atoms with E-state index in [0.29, 0.717) is 18.3 Å². The molecule has 0 unspecified atom stereocenters. The average molecular weight is 417 g/mol. The zero-order chi connectivity index (χ0) is 21.1. The minimum Gasteiger partial charge on any atom is -0.441 e. The Morgan fingerprint density at radius 1 is 1.06 bits per heavy atom. The van der Waals surface area contributed by atoms with Gasteiger partial charge < -0.3 is 10.1 Å². The van der Waals surface area contributed by atoms with Crippen LogP contribution >= 0.6 is 0 Å². The first-order chi connectivity index (χ1) is 15.2. The largest absolute Gasteiger partial charge is 0.441 e. The van der Waals surface area contributed by atoms with Crippen molar-refractivity contribution in [2.24, 2.45) is 5.92 Å². The van der Waals surface area contributed by atoms with Gasteiger partial charge in [0.05, 0.1) is 12.2 Å². The van der Waals surface area contributed by atoms with Crippen LogP contribution < -0.4 is 10.2 Å². The molecule has 9 nitrogen and oxygen atoms in total. The zero-order valence-electron chi connectivity index (χ0n) is 17.0. The highest BCUT2D eigenvalue weighted by Gasteiger charge is 2.48. The van der Waals surface area contributed by atoms with Crippen molar-refractivity contribution in [3.63, 3.8) is 0 Å². The molecule has 1 aliphatic carbocycles. The van der Waals surface area contributed by atoms with E-state index in [-0.39, 0.29) is 6.09 Å². The van der Waals surface area contributed by atoms with Crippen LogP contribution in [0, 0.1) is 5.92 Å². The molecule has 0 atom stereocenters. The van der Waals surface area contributed by atoms with Crippen molar-refractivity contribution in [1.29, 1.82) is 0 Å². The van der Waals surface area contributed by atoms with Crippen LogP contribution in [0.15, 0.2) is 55.0 Å².